The minimum Gasteiger partial charge on any atom is -0.382 e. The summed E-state index contributed by atoms with van der Waals surface area (Å²) in [6.45, 7) is 3.95. The Morgan fingerprint density at radius 1 is 1.38 bits per heavy atom. The zero-order valence-electron chi connectivity index (χ0n) is 9.23. The van der Waals surface area contributed by atoms with Crippen LogP contribution in [0.15, 0.2) is 24.7 Å². The van der Waals surface area contributed by atoms with Crippen molar-refractivity contribution in [2.75, 3.05) is 0 Å². The average Bonchev–Trinajstić information content (AvgIpc) is 2.60. The summed E-state index contributed by atoms with van der Waals surface area (Å²) in [6, 6.07) is 3.64. The van der Waals surface area contributed by atoms with E-state index in [2.05, 4.69) is 9.97 Å². The van der Waals surface area contributed by atoms with Gasteiger partial charge in [-0.3, -0.25) is 10.4 Å². The largest absolute Gasteiger partial charge is 0.382 e. The molecule has 82 valence electrons. The van der Waals surface area contributed by atoms with Gasteiger partial charge in [0.1, 0.15) is 11.5 Å². The number of rotatable bonds is 2. The van der Waals surface area contributed by atoms with Crippen LogP contribution in [0.3, 0.4) is 0 Å². The molecule has 2 rings (SSSR count). The van der Waals surface area contributed by atoms with Crippen LogP contribution in [0.5, 0.6) is 0 Å². The molecule has 0 saturated carbocycles. The molecule has 2 aromatic heterocycles. The van der Waals surface area contributed by atoms with Crippen molar-refractivity contribution in [1.82, 2.24) is 14.5 Å². The topological polar surface area (TPSA) is 80.6 Å². The Morgan fingerprint density at radius 2 is 2.12 bits per heavy atom. The number of nitrogens with zero attached hydrogens (tertiary/aromatic N) is 3. The molecule has 0 aromatic carbocycles. The van der Waals surface area contributed by atoms with Gasteiger partial charge in [0.2, 0.25) is 0 Å². The summed E-state index contributed by atoms with van der Waals surface area (Å²) >= 11 is 0. The highest BCUT2D eigenvalue weighted by molar-refractivity contribution is 5.93. The van der Waals surface area contributed by atoms with Gasteiger partial charge in [0.25, 0.3) is 0 Å². The lowest BCUT2D eigenvalue weighted by Crippen LogP contribution is -2.13. The highest BCUT2D eigenvalue weighted by Gasteiger charge is 2.06. The highest BCUT2D eigenvalue weighted by Crippen LogP contribution is 2.13. The van der Waals surface area contributed by atoms with Gasteiger partial charge in [0.15, 0.2) is 0 Å². The fraction of sp³-hybridized carbons (Fsp3) is 0.182. The SMILES string of the molecule is Cc1ncn(-c2ccnc(C(=N)N)c2)c1C. The molecule has 0 aliphatic carbocycles. The van der Waals surface area contributed by atoms with Gasteiger partial charge in [-0.05, 0) is 26.0 Å². The maximum Gasteiger partial charge on any atom is 0.141 e. The van der Waals surface area contributed by atoms with Crippen LogP contribution in [0.25, 0.3) is 5.69 Å². The van der Waals surface area contributed by atoms with Crippen molar-refractivity contribution in [1.29, 1.82) is 5.41 Å². The van der Waals surface area contributed by atoms with E-state index < -0.39 is 0 Å². The Bertz CT molecular complexity index is 541. The van der Waals surface area contributed by atoms with Crippen LogP contribution in [-0.4, -0.2) is 20.4 Å². The quantitative estimate of drug-likeness (QED) is 0.582. The molecule has 0 spiro atoms. The van der Waals surface area contributed by atoms with E-state index in [0.717, 1.165) is 17.1 Å². The van der Waals surface area contributed by atoms with Crippen molar-refractivity contribution in [2.24, 2.45) is 5.73 Å². The summed E-state index contributed by atoms with van der Waals surface area (Å²) in [4.78, 5) is 8.24. The molecular weight excluding hydrogens is 202 g/mol. The second-order valence-corrected chi connectivity index (χ2v) is 3.60. The van der Waals surface area contributed by atoms with Crippen molar-refractivity contribution in [3.8, 4) is 5.69 Å². The Morgan fingerprint density at radius 3 is 2.69 bits per heavy atom. The first-order chi connectivity index (χ1) is 7.59. The number of nitrogen functional groups attached to an aromatic ring is 1. The number of aryl methyl sites for hydroxylation is 1. The minimum absolute atomic E-state index is 0.0312. The third-order valence-corrected chi connectivity index (χ3v) is 2.55. The molecule has 0 unspecified atom stereocenters. The predicted molar refractivity (Wildman–Crippen MR) is 61.8 cm³/mol. The fourth-order valence-electron chi connectivity index (χ4n) is 1.48. The Labute approximate surface area is 93.5 Å². The molecule has 0 amide bonds. The minimum atomic E-state index is -0.0312. The van der Waals surface area contributed by atoms with Gasteiger partial charge in [-0.2, -0.15) is 0 Å². The van der Waals surface area contributed by atoms with Crippen molar-refractivity contribution >= 4 is 5.84 Å². The van der Waals surface area contributed by atoms with E-state index in [1.54, 1.807) is 18.6 Å². The zero-order valence-corrected chi connectivity index (χ0v) is 9.23. The lowest BCUT2D eigenvalue weighted by molar-refractivity contribution is 0.992. The molecule has 0 radical (unpaired) electrons. The van der Waals surface area contributed by atoms with E-state index in [9.17, 15) is 0 Å². The van der Waals surface area contributed by atoms with Gasteiger partial charge in [-0.25, -0.2) is 4.98 Å². The van der Waals surface area contributed by atoms with Crippen molar-refractivity contribution in [3.63, 3.8) is 0 Å². The van der Waals surface area contributed by atoms with E-state index in [4.69, 9.17) is 11.1 Å². The van der Waals surface area contributed by atoms with Crippen LogP contribution in [0, 0.1) is 19.3 Å². The van der Waals surface area contributed by atoms with Gasteiger partial charge < -0.3 is 10.3 Å². The van der Waals surface area contributed by atoms with Gasteiger partial charge >= 0.3 is 0 Å². The van der Waals surface area contributed by atoms with E-state index in [1.165, 1.54) is 0 Å². The average molecular weight is 215 g/mol. The second kappa shape index (κ2) is 3.77. The summed E-state index contributed by atoms with van der Waals surface area (Å²) in [6.07, 6.45) is 3.39. The Balaban J connectivity index is 2.52. The standard InChI is InChI=1S/C11H13N5/c1-7-8(2)16(6-15-7)9-3-4-14-10(5-9)11(12)13/h3-6H,1-2H3,(H3,12,13). The number of amidine groups is 1. The van der Waals surface area contributed by atoms with E-state index in [0.29, 0.717) is 5.69 Å². The van der Waals surface area contributed by atoms with Gasteiger partial charge in [-0.15, -0.1) is 0 Å². The van der Waals surface area contributed by atoms with Gasteiger partial charge in [0, 0.05) is 11.9 Å². The molecule has 3 N–H and O–H groups in total. The molecule has 0 aliphatic heterocycles. The first kappa shape index (κ1) is 10.4. The molecule has 0 fully saturated rings. The molecule has 0 saturated heterocycles. The molecule has 5 nitrogen and oxygen atoms in total. The number of nitrogens with two attached hydrogens (primary N) is 1. The Hall–Kier alpha value is -2.17. The number of hydrogen-bond donors (Lipinski definition) is 2. The number of pyridine rings is 1. The fourth-order valence-corrected chi connectivity index (χ4v) is 1.48. The Kier molecular flexibility index (Phi) is 2.44. The predicted octanol–water partition coefficient (Wildman–Crippen LogP) is 1.17. The van der Waals surface area contributed by atoms with Crippen LogP contribution < -0.4 is 5.73 Å². The molecular formula is C11H13N5. The van der Waals surface area contributed by atoms with Crippen molar-refractivity contribution in [2.45, 2.75) is 13.8 Å². The molecule has 16 heavy (non-hydrogen) atoms. The third-order valence-electron chi connectivity index (χ3n) is 2.55. The molecule has 2 heterocycles. The summed E-state index contributed by atoms with van der Waals surface area (Å²) in [7, 11) is 0. The van der Waals surface area contributed by atoms with Gasteiger partial charge in [-0.1, -0.05) is 0 Å². The maximum atomic E-state index is 7.34. The van der Waals surface area contributed by atoms with Crippen molar-refractivity contribution < 1.29 is 0 Å². The summed E-state index contributed by atoms with van der Waals surface area (Å²) in [5.41, 5.74) is 8.85. The lowest BCUT2D eigenvalue weighted by atomic mass is 10.3. The van der Waals surface area contributed by atoms with E-state index >= 15 is 0 Å². The monoisotopic (exact) mass is 215 g/mol. The number of imidazole rings is 1. The van der Waals surface area contributed by atoms with Crippen LogP contribution >= 0.6 is 0 Å². The molecule has 5 heteroatoms. The molecule has 0 atom stereocenters. The van der Waals surface area contributed by atoms with Gasteiger partial charge in [0.05, 0.1) is 17.7 Å². The summed E-state index contributed by atoms with van der Waals surface area (Å²) < 4.78 is 1.95. The highest BCUT2D eigenvalue weighted by atomic mass is 15.1. The smallest absolute Gasteiger partial charge is 0.141 e. The number of aromatic nitrogens is 3. The number of nitrogens with one attached hydrogen (secondary N) is 1. The molecule has 2 aromatic rings. The first-order valence-electron chi connectivity index (χ1n) is 4.91. The van der Waals surface area contributed by atoms with Crippen LogP contribution in [0.1, 0.15) is 17.1 Å². The summed E-state index contributed by atoms with van der Waals surface area (Å²) in [5, 5.41) is 7.34. The van der Waals surface area contributed by atoms with Crippen LogP contribution in [0.4, 0.5) is 0 Å². The maximum absolute atomic E-state index is 7.34. The molecule has 0 aliphatic rings. The summed E-state index contributed by atoms with van der Waals surface area (Å²) in [5.74, 6) is -0.0312. The third kappa shape index (κ3) is 1.67. The second-order valence-electron chi connectivity index (χ2n) is 3.60. The zero-order chi connectivity index (χ0) is 11.7. The van der Waals surface area contributed by atoms with Crippen LogP contribution in [-0.2, 0) is 0 Å². The van der Waals surface area contributed by atoms with Crippen LogP contribution in [0.2, 0.25) is 0 Å². The number of hydrogen-bond acceptors (Lipinski definition) is 3. The molecule has 0 bridgehead atoms. The normalized spacial score (nSPS) is 10.4. The lowest BCUT2D eigenvalue weighted by Gasteiger charge is -2.06. The van der Waals surface area contributed by atoms with E-state index in [1.807, 2.05) is 24.5 Å². The van der Waals surface area contributed by atoms with Crippen molar-refractivity contribution in [3.05, 3.63) is 41.7 Å². The van der Waals surface area contributed by atoms with E-state index in [-0.39, 0.29) is 5.84 Å². The first-order valence-corrected chi connectivity index (χ1v) is 4.91.